The predicted molar refractivity (Wildman–Crippen MR) is 84.7 cm³/mol. The van der Waals surface area contributed by atoms with E-state index >= 15 is 0 Å². The standard InChI is InChI=1S/C17H19ClFNO/c1-3-8-20-11-13-5-4-12(2)17(9-13)21-14-6-7-15(18)16(19)10-14/h4-7,9-10,20H,3,8,11H2,1-2H3. The number of aryl methyl sites for hydroxylation is 1. The summed E-state index contributed by atoms with van der Waals surface area (Å²) in [5, 5.41) is 3.44. The Hall–Kier alpha value is -1.58. The fourth-order valence-electron chi connectivity index (χ4n) is 1.94. The summed E-state index contributed by atoms with van der Waals surface area (Å²) >= 11 is 5.67. The molecular weight excluding hydrogens is 289 g/mol. The second kappa shape index (κ2) is 7.43. The Kier molecular flexibility index (Phi) is 5.59. The summed E-state index contributed by atoms with van der Waals surface area (Å²) in [6, 6.07) is 10.5. The molecule has 0 aliphatic carbocycles. The number of benzene rings is 2. The molecule has 0 bridgehead atoms. The second-order valence-electron chi connectivity index (χ2n) is 4.95. The van der Waals surface area contributed by atoms with Gasteiger partial charge < -0.3 is 10.1 Å². The van der Waals surface area contributed by atoms with Gasteiger partial charge in [0.15, 0.2) is 0 Å². The number of nitrogens with one attached hydrogen (secondary N) is 1. The van der Waals surface area contributed by atoms with Gasteiger partial charge in [0.1, 0.15) is 17.3 Å². The first-order chi connectivity index (χ1) is 10.1. The van der Waals surface area contributed by atoms with Gasteiger partial charge in [0.2, 0.25) is 0 Å². The van der Waals surface area contributed by atoms with Crippen molar-refractivity contribution in [2.45, 2.75) is 26.8 Å². The van der Waals surface area contributed by atoms with E-state index in [-0.39, 0.29) is 5.02 Å². The summed E-state index contributed by atoms with van der Waals surface area (Å²) in [7, 11) is 0. The monoisotopic (exact) mass is 307 g/mol. The van der Waals surface area contributed by atoms with Crippen LogP contribution in [0.3, 0.4) is 0 Å². The number of hydrogen-bond donors (Lipinski definition) is 1. The maximum absolute atomic E-state index is 13.4. The lowest BCUT2D eigenvalue weighted by atomic mass is 10.1. The molecule has 0 heterocycles. The molecule has 2 nitrogen and oxygen atoms in total. The van der Waals surface area contributed by atoms with Crippen molar-refractivity contribution in [2.75, 3.05) is 6.54 Å². The molecule has 0 radical (unpaired) electrons. The third-order valence-electron chi connectivity index (χ3n) is 3.13. The highest BCUT2D eigenvalue weighted by Gasteiger charge is 2.06. The lowest BCUT2D eigenvalue weighted by Crippen LogP contribution is -2.13. The minimum absolute atomic E-state index is 0.0941. The molecule has 0 aliphatic rings. The SMILES string of the molecule is CCCNCc1ccc(C)c(Oc2ccc(Cl)c(F)c2)c1. The van der Waals surface area contributed by atoms with Crippen LogP contribution in [0.2, 0.25) is 5.02 Å². The smallest absolute Gasteiger partial charge is 0.145 e. The first-order valence-electron chi connectivity index (χ1n) is 7.03. The van der Waals surface area contributed by atoms with Gasteiger partial charge in [-0.15, -0.1) is 0 Å². The molecule has 0 unspecified atom stereocenters. The summed E-state index contributed by atoms with van der Waals surface area (Å²) in [6.45, 7) is 5.86. The van der Waals surface area contributed by atoms with Gasteiger partial charge in [0.05, 0.1) is 5.02 Å². The van der Waals surface area contributed by atoms with E-state index in [4.69, 9.17) is 16.3 Å². The predicted octanol–water partition coefficient (Wildman–Crippen LogP) is 5.08. The van der Waals surface area contributed by atoms with Crippen molar-refractivity contribution in [1.82, 2.24) is 5.32 Å². The zero-order valence-corrected chi connectivity index (χ0v) is 13.0. The Morgan fingerprint density at radius 1 is 1.19 bits per heavy atom. The highest BCUT2D eigenvalue weighted by Crippen LogP contribution is 2.28. The molecule has 0 fully saturated rings. The van der Waals surface area contributed by atoms with Crippen molar-refractivity contribution in [3.63, 3.8) is 0 Å². The summed E-state index contributed by atoms with van der Waals surface area (Å²) in [5.74, 6) is 0.693. The lowest BCUT2D eigenvalue weighted by molar-refractivity contribution is 0.472. The average Bonchev–Trinajstić information content (AvgIpc) is 2.46. The van der Waals surface area contributed by atoms with E-state index in [2.05, 4.69) is 18.3 Å². The first-order valence-corrected chi connectivity index (χ1v) is 7.41. The molecule has 0 saturated heterocycles. The largest absolute Gasteiger partial charge is 0.457 e. The van der Waals surface area contributed by atoms with Crippen LogP contribution in [0.5, 0.6) is 11.5 Å². The molecule has 0 amide bonds. The zero-order chi connectivity index (χ0) is 15.2. The summed E-state index contributed by atoms with van der Waals surface area (Å²) in [5.41, 5.74) is 2.14. The first kappa shape index (κ1) is 15.8. The van der Waals surface area contributed by atoms with Crippen molar-refractivity contribution in [3.8, 4) is 11.5 Å². The van der Waals surface area contributed by atoms with Crippen molar-refractivity contribution < 1.29 is 9.13 Å². The molecule has 0 aliphatic heterocycles. The van der Waals surface area contributed by atoms with E-state index in [1.54, 1.807) is 6.07 Å². The minimum Gasteiger partial charge on any atom is -0.457 e. The van der Waals surface area contributed by atoms with Crippen LogP contribution in [0.4, 0.5) is 4.39 Å². The number of ether oxygens (including phenoxy) is 1. The van der Waals surface area contributed by atoms with Crippen molar-refractivity contribution >= 4 is 11.6 Å². The Morgan fingerprint density at radius 3 is 2.71 bits per heavy atom. The van der Waals surface area contributed by atoms with Crippen molar-refractivity contribution in [2.24, 2.45) is 0 Å². The van der Waals surface area contributed by atoms with Gasteiger partial charge in [0, 0.05) is 12.6 Å². The average molecular weight is 308 g/mol. The van der Waals surface area contributed by atoms with Crippen molar-refractivity contribution in [1.29, 1.82) is 0 Å². The molecule has 0 aromatic heterocycles. The van der Waals surface area contributed by atoms with Crippen LogP contribution >= 0.6 is 11.6 Å². The molecule has 21 heavy (non-hydrogen) atoms. The molecule has 112 valence electrons. The summed E-state index contributed by atoms with van der Waals surface area (Å²) in [6.07, 6.45) is 1.10. The minimum atomic E-state index is -0.479. The Labute approximate surface area is 129 Å². The highest BCUT2D eigenvalue weighted by molar-refractivity contribution is 6.30. The topological polar surface area (TPSA) is 21.3 Å². The van der Waals surface area contributed by atoms with Gasteiger partial charge >= 0.3 is 0 Å². The van der Waals surface area contributed by atoms with Crippen LogP contribution in [0.1, 0.15) is 24.5 Å². The normalized spacial score (nSPS) is 10.7. The quantitative estimate of drug-likeness (QED) is 0.751. The molecular formula is C17H19ClFNO. The fraction of sp³-hybridized carbons (Fsp3) is 0.294. The molecule has 1 N–H and O–H groups in total. The Balaban J connectivity index is 2.14. The van der Waals surface area contributed by atoms with E-state index in [1.165, 1.54) is 12.1 Å². The van der Waals surface area contributed by atoms with Crippen molar-refractivity contribution in [3.05, 3.63) is 58.4 Å². The van der Waals surface area contributed by atoms with E-state index < -0.39 is 5.82 Å². The van der Waals surface area contributed by atoms with Crippen LogP contribution in [0, 0.1) is 12.7 Å². The van der Waals surface area contributed by atoms with Crippen LogP contribution < -0.4 is 10.1 Å². The molecule has 2 aromatic carbocycles. The molecule has 2 rings (SSSR count). The van der Waals surface area contributed by atoms with Gasteiger partial charge in [-0.1, -0.05) is 30.7 Å². The van der Waals surface area contributed by atoms with Gasteiger partial charge in [-0.3, -0.25) is 0 Å². The highest BCUT2D eigenvalue weighted by atomic mass is 35.5. The van der Waals surface area contributed by atoms with Crippen LogP contribution in [0.15, 0.2) is 36.4 Å². The maximum Gasteiger partial charge on any atom is 0.145 e. The molecule has 2 aromatic rings. The fourth-order valence-corrected chi connectivity index (χ4v) is 2.06. The summed E-state index contributed by atoms with van der Waals surface area (Å²) < 4.78 is 19.2. The Morgan fingerprint density at radius 2 is 2.00 bits per heavy atom. The second-order valence-corrected chi connectivity index (χ2v) is 5.36. The number of hydrogen-bond acceptors (Lipinski definition) is 2. The molecule has 0 atom stereocenters. The molecule has 4 heteroatoms. The van der Waals surface area contributed by atoms with Gasteiger partial charge in [0.25, 0.3) is 0 Å². The number of halogens is 2. The van der Waals surface area contributed by atoms with Gasteiger partial charge in [-0.2, -0.15) is 0 Å². The molecule has 0 spiro atoms. The third-order valence-corrected chi connectivity index (χ3v) is 3.43. The van der Waals surface area contributed by atoms with Crippen LogP contribution in [-0.2, 0) is 6.54 Å². The van der Waals surface area contributed by atoms with Gasteiger partial charge in [-0.25, -0.2) is 4.39 Å². The van der Waals surface area contributed by atoms with E-state index in [1.807, 2.05) is 19.1 Å². The van der Waals surface area contributed by atoms with Gasteiger partial charge in [-0.05, 0) is 49.2 Å². The lowest BCUT2D eigenvalue weighted by Gasteiger charge is -2.11. The Bertz CT molecular complexity index is 616. The zero-order valence-electron chi connectivity index (χ0n) is 12.2. The number of rotatable bonds is 6. The maximum atomic E-state index is 13.4. The third kappa shape index (κ3) is 4.45. The molecule has 0 saturated carbocycles. The van der Waals surface area contributed by atoms with E-state index in [0.717, 1.165) is 36.4 Å². The van der Waals surface area contributed by atoms with Crippen LogP contribution in [0.25, 0.3) is 0 Å². The van der Waals surface area contributed by atoms with E-state index in [0.29, 0.717) is 5.75 Å². The van der Waals surface area contributed by atoms with E-state index in [9.17, 15) is 4.39 Å². The van der Waals surface area contributed by atoms with Crippen LogP contribution in [-0.4, -0.2) is 6.54 Å². The summed E-state index contributed by atoms with van der Waals surface area (Å²) in [4.78, 5) is 0.